The Morgan fingerprint density at radius 3 is 2.26 bits per heavy atom. The minimum Gasteiger partial charge on any atom is -0.341 e. The summed E-state index contributed by atoms with van der Waals surface area (Å²) in [6, 6.07) is 18.7. The molecule has 0 aromatic heterocycles. The van der Waals surface area contributed by atoms with Crippen molar-refractivity contribution < 1.29 is 0 Å². The third-order valence-corrected chi connectivity index (χ3v) is 4.11. The lowest BCUT2D eigenvalue weighted by Gasteiger charge is -2.08. The second-order valence-electron chi connectivity index (χ2n) is 4.20. The van der Waals surface area contributed by atoms with E-state index in [9.17, 15) is 0 Å². The van der Waals surface area contributed by atoms with Crippen LogP contribution < -0.4 is 5.32 Å². The van der Waals surface area contributed by atoms with Crippen LogP contribution in [0.15, 0.2) is 54.6 Å². The summed E-state index contributed by atoms with van der Waals surface area (Å²) in [5.41, 5.74) is 3.50. The molecular formula is C16H17NS2. The molecule has 2 aromatic rings. The van der Waals surface area contributed by atoms with Crippen molar-refractivity contribution in [2.24, 2.45) is 0 Å². The number of benzene rings is 2. The van der Waals surface area contributed by atoms with Gasteiger partial charge in [-0.05, 0) is 35.4 Å². The normalized spacial score (nSPS) is 10.2. The minimum absolute atomic E-state index is 0.842. The summed E-state index contributed by atoms with van der Waals surface area (Å²) in [5.74, 6) is 1.06. The van der Waals surface area contributed by atoms with E-state index in [1.54, 1.807) is 11.8 Å². The molecule has 0 unspecified atom stereocenters. The summed E-state index contributed by atoms with van der Waals surface area (Å²) in [4.78, 5) is 0. The number of thiocarbonyl (C=S) groups is 1. The highest BCUT2D eigenvalue weighted by Crippen LogP contribution is 2.21. The molecule has 19 heavy (non-hydrogen) atoms. The topological polar surface area (TPSA) is 12.0 Å². The maximum absolute atomic E-state index is 5.28. The Morgan fingerprint density at radius 1 is 1.00 bits per heavy atom. The molecule has 3 heteroatoms. The van der Waals surface area contributed by atoms with Gasteiger partial charge in [0.25, 0.3) is 0 Å². The molecule has 98 valence electrons. The summed E-state index contributed by atoms with van der Waals surface area (Å²) < 4.78 is 0.842. The van der Waals surface area contributed by atoms with E-state index in [0.717, 1.165) is 22.2 Å². The molecular weight excluding hydrogens is 270 g/mol. The zero-order valence-electron chi connectivity index (χ0n) is 10.9. The van der Waals surface area contributed by atoms with Crippen LogP contribution in [0.2, 0.25) is 0 Å². The van der Waals surface area contributed by atoms with Crippen LogP contribution in [0.4, 0.5) is 5.69 Å². The lowest BCUT2D eigenvalue weighted by molar-refractivity contribution is 1.11. The zero-order valence-corrected chi connectivity index (χ0v) is 12.6. The van der Waals surface area contributed by atoms with Gasteiger partial charge in [-0.1, -0.05) is 73.4 Å². The minimum atomic E-state index is 0.842. The van der Waals surface area contributed by atoms with Crippen LogP contribution in [0.25, 0.3) is 11.1 Å². The van der Waals surface area contributed by atoms with Crippen molar-refractivity contribution in [2.45, 2.75) is 13.3 Å². The van der Waals surface area contributed by atoms with Gasteiger partial charge < -0.3 is 5.32 Å². The van der Waals surface area contributed by atoms with Crippen LogP contribution in [0, 0.1) is 0 Å². The molecule has 0 spiro atoms. The highest BCUT2D eigenvalue weighted by Gasteiger charge is 2.00. The van der Waals surface area contributed by atoms with Crippen LogP contribution >= 0.6 is 24.0 Å². The molecule has 0 aliphatic rings. The second-order valence-corrected chi connectivity index (χ2v) is 5.98. The number of thioether (sulfide) groups is 1. The van der Waals surface area contributed by atoms with Gasteiger partial charge in [-0.25, -0.2) is 0 Å². The molecule has 0 aliphatic carbocycles. The van der Waals surface area contributed by atoms with Gasteiger partial charge in [-0.2, -0.15) is 0 Å². The van der Waals surface area contributed by atoms with E-state index in [-0.39, 0.29) is 0 Å². The highest BCUT2D eigenvalue weighted by atomic mass is 32.2. The third kappa shape index (κ3) is 4.37. The molecule has 0 amide bonds. The molecule has 0 aliphatic heterocycles. The van der Waals surface area contributed by atoms with E-state index in [1.807, 2.05) is 6.07 Å². The number of nitrogens with one attached hydrogen (secondary N) is 1. The van der Waals surface area contributed by atoms with E-state index < -0.39 is 0 Å². The lowest BCUT2D eigenvalue weighted by atomic mass is 10.1. The van der Waals surface area contributed by atoms with Crippen molar-refractivity contribution in [1.82, 2.24) is 0 Å². The SMILES string of the molecule is CCCSC(=S)Nc1ccc(-c2ccccc2)cc1. The zero-order chi connectivity index (χ0) is 13.5. The van der Waals surface area contributed by atoms with Crippen LogP contribution in [-0.2, 0) is 0 Å². The van der Waals surface area contributed by atoms with Crippen LogP contribution in [0.3, 0.4) is 0 Å². The van der Waals surface area contributed by atoms with Crippen LogP contribution in [-0.4, -0.2) is 10.1 Å². The Morgan fingerprint density at radius 2 is 1.63 bits per heavy atom. The van der Waals surface area contributed by atoms with Crippen molar-refractivity contribution in [3.05, 3.63) is 54.6 Å². The van der Waals surface area contributed by atoms with Gasteiger partial charge in [0, 0.05) is 5.69 Å². The fourth-order valence-electron chi connectivity index (χ4n) is 1.73. The first kappa shape index (κ1) is 14.1. The molecule has 1 nitrogen and oxygen atoms in total. The Labute approximate surface area is 124 Å². The van der Waals surface area contributed by atoms with Crippen molar-refractivity contribution in [3.8, 4) is 11.1 Å². The number of rotatable bonds is 4. The maximum Gasteiger partial charge on any atom is 0.138 e. The summed E-state index contributed by atoms with van der Waals surface area (Å²) in [6.45, 7) is 2.16. The molecule has 0 bridgehead atoms. The average molecular weight is 287 g/mol. The van der Waals surface area contributed by atoms with Gasteiger partial charge in [0.15, 0.2) is 0 Å². The first-order valence-corrected chi connectivity index (χ1v) is 7.78. The van der Waals surface area contributed by atoms with E-state index in [4.69, 9.17) is 12.2 Å². The smallest absolute Gasteiger partial charge is 0.138 e. The fourth-order valence-corrected chi connectivity index (χ4v) is 2.67. The standard InChI is InChI=1S/C16H17NS2/c1-2-12-19-16(18)17-15-10-8-14(9-11-15)13-6-4-3-5-7-13/h3-11H,2,12H2,1H3,(H,17,18). The molecule has 0 fully saturated rings. The van der Waals surface area contributed by atoms with Gasteiger partial charge >= 0.3 is 0 Å². The van der Waals surface area contributed by atoms with Gasteiger partial charge in [-0.15, -0.1) is 0 Å². The predicted molar refractivity (Wildman–Crippen MR) is 90.8 cm³/mol. The first-order valence-electron chi connectivity index (χ1n) is 6.39. The van der Waals surface area contributed by atoms with E-state index in [0.29, 0.717) is 0 Å². The number of anilines is 1. The maximum atomic E-state index is 5.28. The van der Waals surface area contributed by atoms with Crippen molar-refractivity contribution in [1.29, 1.82) is 0 Å². The average Bonchev–Trinajstić information content (AvgIpc) is 2.47. The molecule has 0 saturated heterocycles. The highest BCUT2D eigenvalue weighted by molar-refractivity contribution is 8.23. The summed E-state index contributed by atoms with van der Waals surface area (Å²) in [6.07, 6.45) is 1.14. The van der Waals surface area contributed by atoms with Gasteiger partial charge in [0.2, 0.25) is 0 Å². The molecule has 2 rings (SSSR count). The first-order chi connectivity index (χ1) is 9.29. The van der Waals surface area contributed by atoms with Crippen LogP contribution in [0.5, 0.6) is 0 Å². The van der Waals surface area contributed by atoms with Gasteiger partial charge in [-0.3, -0.25) is 0 Å². The predicted octanol–water partition coefficient (Wildman–Crippen LogP) is 5.19. The Bertz CT molecular complexity index is 520. The molecule has 2 aromatic carbocycles. The van der Waals surface area contributed by atoms with Gasteiger partial charge in [0.1, 0.15) is 4.32 Å². The Balaban J connectivity index is 2.01. The van der Waals surface area contributed by atoms with Crippen molar-refractivity contribution in [3.63, 3.8) is 0 Å². The van der Waals surface area contributed by atoms with E-state index >= 15 is 0 Å². The second kappa shape index (κ2) is 7.31. The molecule has 0 saturated carbocycles. The molecule has 0 heterocycles. The number of hydrogen-bond acceptors (Lipinski definition) is 2. The number of hydrogen-bond donors (Lipinski definition) is 1. The van der Waals surface area contributed by atoms with E-state index in [2.05, 4.69) is 60.8 Å². The Kier molecular flexibility index (Phi) is 5.43. The largest absolute Gasteiger partial charge is 0.341 e. The van der Waals surface area contributed by atoms with Gasteiger partial charge in [0.05, 0.1) is 0 Å². The quantitative estimate of drug-likeness (QED) is 0.777. The summed E-state index contributed by atoms with van der Waals surface area (Å²) >= 11 is 6.97. The van der Waals surface area contributed by atoms with Crippen LogP contribution in [0.1, 0.15) is 13.3 Å². The third-order valence-electron chi connectivity index (χ3n) is 2.68. The summed E-state index contributed by atoms with van der Waals surface area (Å²) in [5, 5.41) is 3.25. The van der Waals surface area contributed by atoms with E-state index in [1.165, 1.54) is 11.1 Å². The van der Waals surface area contributed by atoms with Crippen molar-refractivity contribution >= 4 is 34.0 Å². The molecule has 0 atom stereocenters. The molecule has 1 N–H and O–H groups in total. The fraction of sp³-hybridized carbons (Fsp3) is 0.188. The lowest BCUT2D eigenvalue weighted by Crippen LogP contribution is -2.04. The summed E-state index contributed by atoms with van der Waals surface area (Å²) in [7, 11) is 0. The monoisotopic (exact) mass is 287 g/mol. The Hall–Kier alpha value is -1.32. The van der Waals surface area contributed by atoms with Crippen molar-refractivity contribution in [2.75, 3.05) is 11.1 Å². The molecule has 0 radical (unpaired) electrons.